The summed E-state index contributed by atoms with van der Waals surface area (Å²) in [5.74, 6) is -0.289. The number of carbonyl (C=O) groups is 1. The van der Waals surface area contributed by atoms with Gasteiger partial charge in [-0.1, -0.05) is 118 Å². The zero-order valence-corrected chi connectivity index (χ0v) is 21.0. The second-order valence-corrected chi connectivity index (χ2v) is 13.5. The number of ether oxygens (including phenoxy) is 1. The highest BCUT2D eigenvalue weighted by molar-refractivity contribution is 6.99. The van der Waals surface area contributed by atoms with Crippen LogP contribution in [0.1, 0.15) is 39.7 Å². The van der Waals surface area contributed by atoms with Crippen molar-refractivity contribution < 1.29 is 14.0 Å². The lowest BCUT2D eigenvalue weighted by Gasteiger charge is -2.43. The molecule has 0 fully saturated rings. The van der Waals surface area contributed by atoms with Gasteiger partial charge in [0.2, 0.25) is 0 Å². The van der Waals surface area contributed by atoms with Gasteiger partial charge in [0.05, 0.1) is 0 Å². The molecule has 3 nitrogen and oxygen atoms in total. The Morgan fingerprint density at radius 3 is 1.79 bits per heavy atom. The Kier molecular flexibility index (Phi) is 8.42. The van der Waals surface area contributed by atoms with Crippen molar-refractivity contribution in [1.82, 2.24) is 0 Å². The van der Waals surface area contributed by atoms with Crippen molar-refractivity contribution >= 4 is 30.7 Å². The van der Waals surface area contributed by atoms with Crippen LogP contribution in [0.5, 0.6) is 0 Å². The molecule has 0 aromatic heterocycles. The van der Waals surface area contributed by atoms with Crippen molar-refractivity contribution in [3.63, 3.8) is 0 Å². The van der Waals surface area contributed by atoms with Crippen LogP contribution < -0.4 is 10.4 Å². The third-order valence-corrected chi connectivity index (χ3v) is 10.8. The van der Waals surface area contributed by atoms with Gasteiger partial charge < -0.3 is 9.16 Å². The molecular formula is C29H34O3Si. The van der Waals surface area contributed by atoms with Crippen LogP contribution in [0.4, 0.5) is 0 Å². The fourth-order valence-electron chi connectivity index (χ4n) is 4.28. The standard InChI is InChI=1S/C29H34O3Si/c1-24(30)32-26(21-20-25-14-8-5-9-15-25)22-23-31-33(29(2,3)4,27-16-10-6-11-17-27)28-18-12-7-13-19-28/h5-21,26H,22-23H2,1-4H3/b21-20+. The summed E-state index contributed by atoms with van der Waals surface area (Å²) < 4.78 is 12.5. The lowest BCUT2D eigenvalue weighted by Crippen LogP contribution is -2.66. The molecule has 1 atom stereocenters. The monoisotopic (exact) mass is 458 g/mol. The first kappa shape index (κ1) is 24.7. The van der Waals surface area contributed by atoms with Crippen LogP contribution >= 0.6 is 0 Å². The first-order chi connectivity index (χ1) is 15.8. The molecule has 0 radical (unpaired) electrons. The Bertz CT molecular complexity index is 985. The Morgan fingerprint density at radius 2 is 1.33 bits per heavy atom. The SMILES string of the molecule is CC(=O)OC(/C=C/c1ccccc1)CCO[Si](c1ccccc1)(c1ccccc1)C(C)(C)C. The van der Waals surface area contributed by atoms with Crippen LogP contribution in [-0.4, -0.2) is 27.0 Å². The van der Waals surface area contributed by atoms with Gasteiger partial charge in [-0.25, -0.2) is 0 Å². The van der Waals surface area contributed by atoms with Crippen molar-refractivity contribution in [2.24, 2.45) is 0 Å². The number of hydrogen-bond donors (Lipinski definition) is 0. The number of hydrogen-bond acceptors (Lipinski definition) is 3. The van der Waals surface area contributed by atoms with Gasteiger partial charge in [0.25, 0.3) is 8.32 Å². The fraction of sp³-hybridized carbons (Fsp3) is 0.276. The van der Waals surface area contributed by atoms with Crippen molar-refractivity contribution in [1.29, 1.82) is 0 Å². The van der Waals surface area contributed by atoms with E-state index in [2.05, 4.69) is 69.3 Å². The van der Waals surface area contributed by atoms with E-state index in [1.54, 1.807) is 0 Å². The molecule has 0 heterocycles. The molecular weight excluding hydrogens is 424 g/mol. The predicted molar refractivity (Wildman–Crippen MR) is 139 cm³/mol. The van der Waals surface area contributed by atoms with Crippen LogP contribution in [0.3, 0.4) is 0 Å². The van der Waals surface area contributed by atoms with E-state index in [0.717, 1.165) is 5.56 Å². The van der Waals surface area contributed by atoms with E-state index in [4.69, 9.17) is 9.16 Å². The van der Waals surface area contributed by atoms with Gasteiger partial charge >= 0.3 is 5.97 Å². The average molecular weight is 459 g/mol. The summed E-state index contributed by atoms with van der Waals surface area (Å²) in [5.41, 5.74) is 1.07. The number of benzene rings is 3. The molecule has 0 bridgehead atoms. The predicted octanol–water partition coefficient (Wildman–Crippen LogP) is 5.60. The molecule has 0 aliphatic heterocycles. The Hall–Kier alpha value is -2.95. The average Bonchev–Trinajstić information content (AvgIpc) is 2.81. The second kappa shape index (κ2) is 11.3. The van der Waals surface area contributed by atoms with Crippen LogP contribution in [0.15, 0.2) is 97.1 Å². The smallest absolute Gasteiger partial charge is 0.303 e. The van der Waals surface area contributed by atoms with E-state index >= 15 is 0 Å². The van der Waals surface area contributed by atoms with Gasteiger partial charge in [0.15, 0.2) is 0 Å². The van der Waals surface area contributed by atoms with Crippen LogP contribution in [0.2, 0.25) is 5.04 Å². The van der Waals surface area contributed by atoms with E-state index < -0.39 is 8.32 Å². The lowest BCUT2D eigenvalue weighted by atomic mass is 10.1. The summed E-state index contributed by atoms with van der Waals surface area (Å²) >= 11 is 0. The highest BCUT2D eigenvalue weighted by Gasteiger charge is 2.50. The Morgan fingerprint density at radius 1 is 0.848 bits per heavy atom. The van der Waals surface area contributed by atoms with Crippen LogP contribution in [0.25, 0.3) is 6.08 Å². The molecule has 3 aromatic carbocycles. The minimum absolute atomic E-state index is 0.0908. The minimum atomic E-state index is -2.61. The molecule has 0 aliphatic rings. The summed E-state index contributed by atoms with van der Waals surface area (Å²) in [6.45, 7) is 8.73. The molecule has 172 valence electrons. The van der Waals surface area contributed by atoms with E-state index in [0.29, 0.717) is 13.0 Å². The molecule has 0 aliphatic carbocycles. The highest BCUT2D eigenvalue weighted by Crippen LogP contribution is 2.36. The first-order valence-electron chi connectivity index (χ1n) is 11.5. The lowest BCUT2D eigenvalue weighted by molar-refractivity contribution is -0.144. The van der Waals surface area contributed by atoms with Gasteiger partial charge in [0, 0.05) is 20.0 Å². The van der Waals surface area contributed by atoms with Crippen molar-refractivity contribution in [2.45, 2.75) is 45.3 Å². The highest BCUT2D eigenvalue weighted by atomic mass is 28.4. The van der Waals surface area contributed by atoms with E-state index in [1.165, 1.54) is 17.3 Å². The summed E-state index contributed by atoms with van der Waals surface area (Å²) in [6, 6.07) is 31.2. The van der Waals surface area contributed by atoms with Crippen molar-refractivity contribution in [3.05, 3.63) is 103 Å². The maximum atomic E-state index is 11.7. The third-order valence-electron chi connectivity index (χ3n) is 5.76. The minimum Gasteiger partial charge on any atom is -0.458 e. The summed E-state index contributed by atoms with van der Waals surface area (Å²) in [7, 11) is -2.61. The van der Waals surface area contributed by atoms with Gasteiger partial charge in [-0.15, -0.1) is 0 Å². The molecule has 0 saturated carbocycles. The van der Waals surface area contributed by atoms with E-state index in [1.807, 2.05) is 54.6 Å². The molecule has 3 aromatic rings. The number of rotatable bonds is 9. The zero-order valence-electron chi connectivity index (χ0n) is 20.0. The molecule has 3 rings (SSSR count). The summed E-state index contributed by atoms with van der Waals surface area (Å²) in [5, 5.41) is 2.40. The molecule has 0 saturated heterocycles. The number of carbonyl (C=O) groups excluding carboxylic acids is 1. The molecule has 0 amide bonds. The maximum Gasteiger partial charge on any atom is 0.303 e. The Labute approximate surface area is 199 Å². The zero-order chi connectivity index (χ0) is 23.7. The molecule has 0 N–H and O–H groups in total. The van der Waals surface area contributed by atoms with Crippen LogP contribution in [0, 0.1) is 0 Å². The topological polar surface area (TPSA) is 35.5 Å². The van der Waals surface area contributed by atoms with Gasteiger partial charge in [-0.2, -0.15) is 0 Å². The Balaban J connectivity index is 1.88. The summed E-state index contributed by atoms with van der Waals surface area (Å²) in [6.07, 6.45) is 4.19. The fourth-order valence-corrected chi connectivity index (χ4v) is 8.86. The van der Waals surface area contributed by atoms with E-state index in [-0.39, 0.29) is 17.1 Å². The third kappa shape index (κ3) is 6.31. The van der Waals surface area contributed by atoms with Gasteiger partial charge in [0.1, 0.15) is 6.10 Å². The van der Waals surface area contributed by atoms with E-state index in [9.17, 15) is 4.79 Å². The largest absolute Gasteiger partial charge is 0.458 e. The maximum absolute atomic E-state index is 11.7. The summed E-state index contributed by atoms with van der Waals surface area (Å²) in [4.78, 5) is 11.7. The quantitative estimate of drug-likeness (QED) is 0.309. The van der Waals surface area contributed by atoms with Crippen molar-refractivity contribution in [2.75, 3.05) is 6.61 Å². The number of esters is 1. The normalized spacial score (nSPS) is 13.1. The molecule has 1 unspecified atom stereocenters. The molecule has 4 heteroatoms. The van der Waals surface area contributed by atoms with Gasteiger partial charge in [-0.05, 0) is 27.1 Å². The molecule has 33 heavy (non-hydrogen) atoms. The van der Waals surface area contributed by atoms with Crippen molar-refractivity contribution in [3.8, 4) is 0 Å². The first-order valence-corrected chi connectivity index (χ1v) is 13.4. The second-order valence-electron chi connectivity index (χ2n) is 9.22. The van der Waals surface area contributed by atoms with Gasteiger partial charge in [-0.3, -0.25) is 4.79 Å². The van der Waals surface area contributed by atoms with Crippen LogP contribution in [-0.2, 0) is 14.0 Å². The molecule has 0 spiro atoms.